The number of thiophene rings is 1. The number of amides is 1. The van der Waals surface area contributed by atoms with Gasteiger partial charge in [-0.05, 0) is 37.3 Å². The fourth-order valence-corrected chi connectivity index (χ4v) is 2.62. The van der Waals surface area contributed by atoms with Crippen molar-refractivity contribution in [1.82, 2.24) is 9.97 Å². The molecule has 0 saturated carbocycles. The van der Waals surface area contributed by atoms with Crippen molar-refractivity contribution in [2.45, 2.75) is 6.92 Å². The van der Waals surface area contributed by atoms with Crippen molar-refractivity contribution in [3.63, 3.8) is 0 Å². The molecule has 0 spiro atoms. The Kier molecular flexibility index (Phi) is 2.72. The summed E-state index contributed by atoms with van der Waals surface area (Å²) in [5.74, 6) is -0.143. The van der Waals surface area contributed by atoms with Gasteiger partial charge in [0.05, 0.1) is 15.9 Å². The topological polar surface area (TPSA) is 77.8 Å². The highest BCUT2D eigenvalue weighted by Gasteiger charge is 2.09. The van der Waals surface area contributed by atoms with Crippen LogP contribution < -0.4 is 11.0 Å². The van der Waals surface area contributed by atoms with Crippen LogP contribution in [0.2, 0.25) is 0 Å². The maximum atomic E-state index is 12.0. The third kappa shape index (κ3) is 2.30. The summed E-state index contributed by atoms with van der Waals surface area (Å²) in [7, 11) is 0. The van der Waals surface area contributed by atoms with Crippen molar-refractivity contribution in [1.29, 1.82) is 0 Å². The summed E-state index contributed by atoms with van der Waals surface area (Å²) in [6.07, 6.45) is 0. The zero-order chi connectivity index (χ0) is 13.4. The van der Waals surface area contributed by atoms with Crippen LogP contribution in [0.4, 0.5) is 5.69 Å². The predicted molar refractivity (Wildman–Crippen MR) is 75.9 cm³/mol. The summed E-state index contributed by atoms with van der Waals surface area (Å²) < 4.78 is 0. The summed E-state index contributed by atoms with van der Waals surface area (Å²) in [6.45, 7) is 1.96. The summed E-state index contributed by atoms with van der Waals surface area (Å²) in [5.41, 5.74) is 1.78. The Balaban J connectivity index is 1.88. The number of aromatic amines is 2. The monoisotopic (exact) mass is 273 g/mol. The maximum absolute atomic E-state index is 12.0. The van der Waals surface area contributed by atoms with Gasteiger partial charge in [0, 0.05) is 10.6 Å². The highest BCUT2D eigenvalue weighted by atomic mass is 32.1. The SMILES string of the molecule is Cc1ccc(C(=O)Nc2ccc3[nH]c(=O)[nH]c3c2)s1. The van der Waals surface area contributed by atoms with Crippen LogP contribution in [-0.2, 0) is 0 Å². The van der Waals surface area contributed by atoms with Gasteiger partial charge >= 0.3 is 5.69 Å². The Morgan fingerprint density at radius 3 is 2.68 bits per heavy atom. The molecule has 1 amide bonds. The number of imidazole rings is 1. The number of H-pyrrole nitrogens is 2. The van der Waals surface area contributed by atoms with E-state index in [1.165, 1.54) is 11.3 Å². The van der Waals surface area contributed by atoms with Crippen LogP contribution in [0, 0.1) is 6.92 Å². The average molecular weight is 273 g/mol. The minimum absolute atomic E-state index is 0.143. The van der Waals surface area contributed by atoms with Gasteiger partial charge in [-0.3, -0.25) is 4.79 Å². The summed E-state index contributed by atoms with van der Waals surface area (Å²) in [5, 5.41) is 2.81. The van der Waals surface area contributed by atoms with Crippen LogP contribution in [0.1, 0.15) is 14.5 Å². The third-order valence-corrected chi connectivity index (χ3v) is 3.74. The Morgan fingerprint density at radius 1 is 1.16 bits per heavy atom. The molecule has 5 nitrogen and oxygen atoms in total. The molecule has 2 aromatic heterocycles. The number of rotatable bonds is 2. The van der Waals surface area contributed by atoms with E-state index in [0.717, 1.165) is 10.4 Å². The van der Waals surface area contributed by atoms with Crippen molar-refractivity contribution in [2.75, 3.05) is 5.32 Å². The first kappa shape index (κ1) is 11.7. The molecule has 6 heteroatoms. The minimum atomic E-state index is -0.257. The van der Waals surface area contributed by atoms with E-state index in [-0.39, 0.29) is 11.6 Å². The molecule has 0 saturated heterocycles. The number of carbonyl (C=O) groups is 1. The Morgan fingerprint density at radius 2 is 1.95 bits per heavy atom. The lowest BCUT2D eigenvalue weighted by Crippen LogP contribution is -2.09. The molecule has 3 N–H and O–H groups in total. The molecule has 0 unspecified atom stereocenters. The normalized spacial score (nSPS) is 10.8. The molecule has 0 aliphatic rings. The third-order valence-electron chi connectivity index (χ3n) is 2.74. The van der Waals surface area contributed by atoms with Crippen LogP contribution >= 0.6 is 11.3 Å². The van der Waals surface area contributed by atoms with Crippen LogP contribution in [0.25, 0.3) is 11.0 Å². The van der Waals surface area contributed by atoms with Gasteiger partial charge in [-0.1, -0.05) is 0 Å². The molecule has 0 bridgehead atoms. The van der Waals surface area contributed by atoms with Gasteiger partial charge in [-0.2, -0.15) is 0 Å². The second-order valence-corrected chi connectivity index (χ2v) is 5.49. The molecular weight excluding hydrogens is 262 g/mol. The molecule has 3 aromatic rings. The number of hydrogen-bond donors (Lipinski definition) is 3. The highest BCUT2D eigenvalue weighted by Crippen LogP contribution is 2.19. The van der Waals surface area contributed by atoms with Gasteiger partial charge in [-0.15, -0.1) is 11.3 Å². The molecule has 0 atom stereocenters. The number of carbonyl (C=O) groups excluding carboxylic acids is 1. The van der Waals surface area contributed by atoms with Gasteiger partial charge in [0.15, 0.2) is 0 Å². The van der Waals surface area contributed by atoms with Crippen molar-refractivity contribution >= 4 is 34.0 Å². The zero-order valence-electron chi connectivity index (χ0n) is 10.1. The molecule has 0 aliphatic carbocycles. The Hall–Kier alpha value is -2.34. The van der Waals surface area contributed by atoms with Gasteiger partial charge in [0.1, 0.15) is 0 Å². The molecule has 2 heterocycles. The number of aromatic nitrogens is 2. The zero-order valence-corrected chi connectivity index (χ0v) is 10.9. The van der Waals surface area contributed by atoms with Crippen LogP contribution in [0.3, 0.4) is 0 Å². The number of anilines is 1. The molecule has 0 fully saturated rings. The largest absolute Gasteiger partial charge is 0.323 e. The number of nitrogens with one attached hydrogen (secondary N) is 3. The number of aryl methyl sites for hydroxylation is 1. The highest BCUT2D eigenvalue weighted by molar-refractivity contribution is 7.14. The first-order chi connectivity index (χ1) is 9.11. The van der Waals surface area contributed by atoms with Crippen molar-refractivity contribution in [2.24, 2.45) is 0 Å². The number of benzene rings is 1. The van der Waals surface area contributed by atoms with Crippen LogP contribution in [0.15, 0.2) is 35.1 Å². The minimum Gasteiger partial charge on any atom is -0.321 e. The smallest absolute Gasteiger partial charge is 0.321 e. The first-order valence-corrected chi connectivity index (χ1v) is 6.53. The number of hydrogen-bond acceptors (Lipinski definition) is 3. The molecule has 3 rings (SSSR count). The van der Waals surface area contributed by atoms with Gasteiger partial charge < -0.3 is 15.3 Å². The molecule has 1 aromatic carbocycles. The van der Waals surface area contributed by atoms with Gasteiger partial charge in [-0.25, -0.2) is 4.79 Å². The van der Waals surface area contributed by atoms with E-state index in [1.54, 1.807) is 24.3 Å². The fraction of sp³-hybridized carbons (Fsp3) is 0.0769. The lowest BCUT2D eigenvalue weighted by Gasteiger charge is -2.03. The van der Waals surface area contributed by atoms with E-state index < -0.39 is 0 Å². The van der Waals surface area contributed by atoms with E-state index in [4.69, 9.17) is 0 Å². The van der Waals surface area contributed by atoms with Crippen LogP contribution in [0.5, 0.6) is 0 Å². The Bertz CT molecular complexity index is 813. The van der Waals surface area contributed by atoms with Gasteiger partial charge in [0.25, 0.3) is 5.91 Å². The quantitative estimate of drug-likeness (QED) is 0.670. The van der Waals surface area contributed by atoms with E-state index >= 15 is 0 Å². The molecular formula is C13H11N3O2S. The first-order valence-electron chi connectivity index (χ1n) is 5.72. The fourth-order valence-electron chi connectivity index (χ4n) is 1.86. The van der Waals surface area contributed by atoms with E-state index in [2.05, 4.69) is 15.3 Å². The van der Waals surface area contributed by atoms with Gasteiger partial charge in [0.2, 0.25) is 0 Å². The molecule has 19 heavy (non-hydrogen) atoms. The summed E-state index contributed by atoms with van der Waals surface area (Å²) >= 11 is 1.45. The maximum Gasteiger partial charge on any atom is 0.323 e. The summed E-state index contributed by atoms with van der Waals surface area (Å²) in [6, 6.07) is 8.94. The molecule has 0 aliphatic heterocycles. The Labute approximate surface area is 112 Å². The molecule has 96 valence electrons. The second kappa shape index (κ2) is 4.40. The van der Waals surface area contributed by atoms with Crippen molar-refractivity contribution in [3.05, 3.63) is 50.6 Å². The summed E-state index contributed by atoms with van der Waals surface area (Å²) in [4.78, 5) is 30.2. The van der Waals surface area contributed by atoms with Crippen LogP contribution in [-0.4, -0.2) is 15.9 Å². The predicted octanol–water partition coefficient (Wildman–Crippen LogP) is 2.48. The lowest BCUT2D eigenvalue weighted by atomic mass is 10.2. The van der Waals surface area contributed by atoms with E-state index in [1.807, 2.05) is 13.0 Å². The second-order valence-electron chi connectivity index (χ2n) is 4.20. The average Bonchev–Trinajstić information content (AvgIpc) is 2.93. The molecule has 0 radical (unpaired) electrons. The van der Waals surface area contributed by atoms with E-state index in [9.17, 15) is 9.59 Å². The number of fused-ring (bicyclic) bond motifs is 1. The van der Waals surface area contributed by atoms with Crippen molar-refractivity contribution < 1.29 is 4.79 Å². The van der Waals surface area contributed by atoms with E-state index in [0.29, 0.717) is 16.1 Å². The lowest BCUT2D eigenvalue weighted by molar-refractivity contribution is 0.103. The van der Waals surface area contributed by atoms with Crippen molar-refractivity contribution in [3.8, 4) is 0 Å². The standard InChI is InChI=1S/C13H11N3O2S/c1-7-2-5-11(19-7)12(17)14-8-3-4-9-10(6-8)16-13(18)15-9/h2-6H,1H3,(H,14,17)(H2,15,16,18).